The monoisotopic (exact) mass is 507 g/mol. The first-order valence-corrected chi connectivity index (χ1v) is 13.3. The minimum atomic E-state index is -3.00. The van der Waals surface area contributed by atoms with Gasteiger partial charge in [0.1, 0.15) is 5.75 Å². The van der Waals surface area contributed by atoms with Gasteiger partial charge in [-0.25, -0.2) is 9.34 Å². The molecule has 0 bridgehead atoms. The molecule has 10 heteroatoms. The molecule has 36 heavy (non-hydrogen) atoms. The predicted molar refractivity (Wildman–Crippen MR) is 134 cm³/mol. The molecule has 0 aliphatic carbocycles. The maximum Gasteiger partial charge on any atom is 0.346 e. The van der Waals surface area contributed by atoms with Crippen LogP contribution in [0.2, 0.25) is 0 Å². The van der Waals surface area contributed by atoms with Crippen molar-refractivity contribution in [3.05, 3.63) is 99.6 Å². The minimum absolute atomic E-state index is 0.0277. The van der Waals surface area contributed by atoms with E-state index in [1.807, 2.05) is 46.6 Å². The Hall–Kier alpha value is -3.36. The molecular weight excluding hydrogens is 481 g/mol. The summed E-state index contributed by atoms with van der Waals surface area (Å²) in [6.45, 7) is 4.87. The maximum absolute atomic E-state index is 13.2. The first-order valence-electron chi connectivity index (χ1n) is 11.7. The Balaban J connectivity index is 1.30. The van der Waals surface area contributed by atoms with Gasteiger partial charge < -0.3 is 9.26 Å². The standard InChI is InChI=1S/C26H26N3O6P/c1-19(21-5-3-2-4-6-21)26(30)22-8-10-23(11-9-22)35-25-17-20(7-12-24(25)29(31)32)18-34-36(33,27-13-14-27)28-15-16-28/h2-12,17,19H,13-16,18H2,1H3. The van der Waals surface area contributed by atoms with Gasteiger partial charge in [0.2, 0.25) is 5.75 Å². The van der Waals surface area contributed by atoms with E-state index in [0.29, 0.717) is 16.9 Å². The average molecular weight is 507 g/mol. The van der Waals surface area contributed by atoms with Crippen LogP contribution in [0.1, 0.15) is 34.3 Å². The fourth-order valence-corrected chi connectivity index (χ4v) is 6.13. The van der Waals surface area contributed by atoms with Gasteiger partial charge in [0, 0.05) is 43.7 Å². The molecule has 2 saturated heterocycles. The van der Waals surface area contributed by atoms with Gasteiger partial charge in [-0.15, -0.1) is 0 Å². The average Bonchev–Trinajstić information content (AvgIpc) is 3.79. The second-order valence-electron chi connectivity index (χ2n) is 8.85. The Morgan fingerprint density at radius 2 is 1.64 bits per heavy atom. The Morgan fingerprint density at radius 3 is 2.22 bits per heavy atom. The van der Waals surface area contributed by atoms with Crippen LogP contribution in [0.15, 0.2) is 72.8 Å². The molecule has 2 aliphatic rings. The normalized spacial score (nSPS) is 16.4. The Kier molecular flexibility index (Phi) is 6.73. The number of rotatable bonds is 11. The number of ether oxygens (including phenoxy) is 1. The number of carbonyl (C=O) groups is 1. The van der Waals surface area contributed by atoms with E-state index in [4.69, 9.17) is 9.26 Å². The molecule has 3 aromatic rings. The molecule has 5 rings (SSSR count). The number of carbonyl (C=O) groups excluding carboxylic acids is 1. The first-order chi connectivity index (χ1) is 17.3. The van der Waals surface area contributed by atoms with Crippen molar-refractivity contribution < 1.29 is 23.5 Å². The lowest BCUT2D eigenvalue weighted by Gasteiger charge is -2.19. The second kappa shape index (κ2) is 9.95. The highest BCUT2D eigenvalue weighted by atomic mass is 31.2. The molecule has 9 nitrogen and oxygen atoms in total. The zero-order valence-corrected chi connectivity index (χ0v) is 20.7. The first kappa shape index (κ1) is 24.3. The SMILES string of the molecule is CC(C(=O)c1ccc(Oc2cc(COP(=O)(N3CC3)N3CC3)ccc2[N+](=O)[O-])cc1)c1ccccc1. The molecule has 0 N–H and O–H groups in total. The lowest BCUT2D eigenvalue weighted by Crippen LogP contribution is -2.09. The lowest BCUT2D eigenvalue weighted by molar-refractivity contribution is -0.385. The summed E-state index contributed by atoms with van der Waals surface area (Å²) in [6.07, 6.45) is 0. The van der Waals surface area contributed by atoms with Crippen LogP contribution in [-0.2, 0) is 15.7 Å². The van der Waals surface area contributed by atoms with Crippen LogP contribution in [0.5, 0.6) is 11.5 Å². The summed E-state index contributed by atoms with van der Waals surface area (Å²) in [7, 11) is -3.00. The van der Waals surface area contributed by atoms with Gasteiger partial charge in [-0.2, -0.15) is 0 Å². The number of benzene rings is 3. The highest BCUT2D eigenvalue weighted by Crippen LogP contribution is 2.61. The van der Waals surface area contributed by atoms with Crippen molar-refractivity contribution in [1.29, 1.82) is 0 Å². The largest absolute Gasteiger partial charge is 0.450 e. The number of hydrogen-bond donors (Lipinski definition) is 0. The van der Waals surface area contributed by atoms with E-state index < -0.39 is 12.6 Å². The van der Waals surface area contributed by atoms with Gasteiger partial charge in [-0.05, 0) is 47.5 Å². The number of nitrogens with zero attached hydrogens (tertiary/aromatic N) is 3. The van der Waals surface area contributed by atoms with Crippen molar-refractivity contribution in [2.24, 2.45) is 0 Å². The minimum Gasteiger partial charge on any atom is -0.450 e. The molecule has 2 fully saturated rings. The van der Waals surface area contributed by atoms with Crippen LogP contribution in [0.4, 0.5) is 5.69 Å². The van der Waals surface area contributed by atoms with Gasteiger partial charge >= 0.3 is 13.4 Å². The van der Waals surface area contributed by atoms with Gasteiger partial charge in [0.05, 0.1) is 11.5 Å². The van der Waals surface area contributed by atoms with Crippen LogP contribution in [0, 0.1) is 10.1 Å². The van der Waals surface area contributed by atoms with Crippen molar-refractivity contribution in [1.82, 2.24) is 9.34 Å². The van der Waals surface area contributed by atoms with E-state index in [1.54, 1.807) is 30.3 Å². The van der Waals surface area contributed by atoms with Gasteiger partial charge in [-0.3, -0.25) is 19.5 Å². The molecule has 0 saturated carbocycles. The number of Topliss-reactive ketones (excluding diaryl/α,β-unsaturated/α-hetero) is 1. The maximum atomic E-state index is 13.2. The van der Waals surface area contributed by atoms with Gasteiger partial charge in [-0.1, -0.05) is 37.3 Å². The summed E-state index contributed by atoms with van der Waals surface area (Å²) < 4.78 is 28.4. The Labute approximate surface area is 209 Å². The van der Waals surface area contributed by atoms with E-state index in [1.165, 1.54) is 12.1 Å². The zero-order valence-electron chi connectivity index (χ0n) is 19.8. The van der Waals surface area contributed by atoms with Crippen LogP contribution in [0.3, 0.4) is 0 Å². The quantitative estimate of drug-likeness (QED) is 0.108. The number of hydrogen-bond acceptors (Lipinski definition) is 6. The van der Waals surface area contributed by atoms with E-state index in [0.717, 1.165) is 31.7 Å². The molecular formula is C26H26N3O6P. The molecule has 186 valence electrons. The summed E-state index contributed by atoms with van der Waals surface area (Å²) in [5.41, 5.74) is 1.87. The van der Waals surface area contributed by atoms with Crippen LogP contribution in [-0.4, -0.2) is 46.2 Å². The summed E-state index contributed by atoms with van der Waals surface area (Å²) in [4.78, 5) is 23.9. The van der Waals surface area contributed by atoms with Gasteiger partial charge in [0.25, 0.3) is 0 Å². The fraction of sp³-hybridized carbons (Fsp3) is 0.269. The molecule has 0 amide bonds. The zero-order chi connectivity index (χ0) is 25.3. The number of ketones is 1. The topological polar surface area (TPSA) is 102 Å². The van der Waals surface area contributed by atoms with Crippen molar-refractivity contribution in [2.45, 2.75) is 19.4 Å². The third-order valence-electron chi connectivity index (χ3n) is 6.24. The second-order valence-corrected chi connectivity index (χ2v) is 11.2. The van der Waals surface area contributed by atoms with Crippen molar-refractivity contribution in [3.8, 4) is 11.5 Å². The van der Waals surface area contributed by atoms with Crippen molar-refractivity contribution in [2.75, 3.05) is 26.2 Å². The molecule has 1 unspecified atom stereocenters. The van der Waals surface area contributed by atoms with Crippen LogP contribution >= 0.6 is 7.67 Å². The summed E-state index contributed by atoms with van der Waals surface area (Å²) >= 11 is 0. The lowest BCUT2D eigenvalue weighted by atomic mass is 9.92. The van der Waals surface area contributed by atoms with E-state index in [9.17, 15) is 19.5 Å². The predicted octanol–water partition coefficient (Wildman–Crippen LogP) is 5.63. The fourth-order valence-electron chi connectivity index (χ4n) is 3.93. The van der Waals surface area contributed by atoms with E-state index in [-0.39, 0.29) is 29.7 Å². The van der Waals surface area contributed by atoms with Crippen molar-refractivity contribution >= 4 is 19.1 Å². The molecule has 2 aliphatic heterocycles. The highest BCUT2D eigenvalue weighted by Gasteiger charge is 2.49. The Bertz CT molecular complexity index is 1310. The molecule has 1 atom stereocenters. The van der Waals surface area contributed by atoms with Gasteiger partial charge in [0.15, 0.2) is 5.78 Å². The number of nitro groups is 1. The smallest absolute Gasteiger partial charge is 0.346 e. The molecule has 0 radical (unpaired) electrons. The molecule has 3 aromatic carbocycles. The van der Waals surface area contributed by atoms with Crippen molar-refractivity contribution in [3.63, 3.8) is 0 Å². The Morgan fingerprint density at radius 1 is 1.00 bits per heavy atom. The third-order valence-corrected chi connectivity index (χ3v) is 8.94. The number of nitro benzene ring substituents is 1. The van der Waals surface area contributed by atoms with E-state index in [2.05, 4.69) is 0 Å². The highest BCUT2D eigenvalue weighted by molar-refractivity contribution is 7.54. The van der Waals surface area contributed by atoms with Crippen LogP contribution < -0.4 is 4.74 Å². The van der Waals surface area contributed by atoms with E-state index >= 15 is 0 Å². The van der Waals surface area contributed by atoms with Crippen LogP contribution in [0.25, 0.3) is 0 Å². The molecule has 2 heterocycles. The molecule has 0 spiro atoms. The summed E-state index contributed by atoms with van der Waals surface area (Å²) in [5.74, 6) is 0.0795. The summed E-state index contributed by atoms with van der Waals surface area (Å²) in [5, 5.41) is 11.6. The third kappa shape index (κ3) is 5.24. The molecule has 0 aromatic heterocycles. The summed E-state index contributed by atoms with van der Waals surface area (Å²) in [6, 6.07) is 20.5.